The summed E-state index contributed by atoms with van der Waals surface area (Å²) in [5.41, 5.74) is 2.32. The Balaban J connectivity index is 1.66. The summed E-state index contributed by atoms with van der Waals surface area (Å²) in [6.45, 7) is 0.745. The average Bonchev–Trinajstić information content (AvgIpc) is 3.11. The minimum Gasteiger partial charge on any atom is -0.312 e. The van der Waals surface area contributed by atoms with Gasteiger partial charge in [0.25, 0.3) is 5.91 Å². The van der Waals surface area contributed by atoms with Crippen LogP contribution < -0.4 is 9.80 Å². The third-order valence-electron chi connectivity index (χ3n) is 4.68. The van der Waals surface area contributed by atoms with Crippen LogP contribution in [0.1, 0.15) is 18.4 Å². The molecule has 0 atom stereocenters. The Morgan fingerprint density at radius 1 is 1.07 bits per heavy atom. The lowest BCUT2D eigenvalue weighted by molar-refractivity contribution is -0.117. The fourth-order valence-electron chi connectivity index (χ4n) is 3.01. The van der Waals surface area contributed by atoms with Gasteiger partial charge in [-0.1, -0.05) is 12.1 Å². The average molecular weight is 398 g/mol. The summed E-state index contributed by atoms with van der Waals surface area (Å²) in [7, 11) is -1.64. The fourth-order valence-corrected chi connectivity index (χ4v) is 3.64. The van der Waals surface area contributed by atoms with E-state index in [1.807, 2.05) is 24.3 Å². The Bertz CT molecular complexity index is 1010. The van der Waals surface area contributed by atoms with Crippen molar-refractivity contribution in [3.63, 3.8) is 0 Å². The summed E-state index contributed by atoms with van der Waals surface area (Å²) < 4.78 is 23.0. The Labute approximate surface area is 165 Å². The molecule has 1 aliphatic rings. The first-order valence-electron chi connectivity index (χ1n) is 8.92. The smallest absolute Gasteiger partial charge is 0.250 e. The van der Waals surface area contributed by atoms with E-state index in [1.165, 1.54) is 23.1 Å². The molecule has 3 rings (SSSR count). The normalized spacial score (nSPS) is 14.6. The predicted octanol–water partition coefficient (Wildman–Crippen LogP) is 2.89. The van der Waals surface area contributed by atoms with Crippen LogP contribution in [0.5, 0.6) is 0 Å². The van der Waals surface area contributed by atoms with E-state index < -0.39 is 9.84 Å². The number of sulfone groups is 1. The lowest BCUT2D eigenvalue weighted by Crippen LogP contribution is -2.24. The summed E-state index contributed by atoms with van der Waals surface area (Å²) in [6.07, 6.45) is 5.78. The van der Waals surface area contributed by atoms with Gasteiger partial charge in [0.05, 0.1) is 4.90 Å². The topological polar surface area (TPSA) is 74.8 Å². The minimum atomic E-state index is -3.27. The number of carbonyl (C=O) groups excluding carboxylic acids is 2. The molecule has 0 saturated carbocycles. The first-order chi connectivity index (χ1) is 13.3. The summed E-state index contributed by atoms with van der Waals surface area (Å²) in [5.74, 6) is -0.0899. The molecule has 2 aromatic carbocycles. The molecule has 28 heavy (non-hydrogen) atoms. The maximum atomic E-state index is 12.4. The third kappa shape index (κ3) is 4.48. The second-order valence-corrected chi connectivity index (χ2v) is 8.75. The molecule has 6 nitrogen and oxygen atoms in total. The molecule has 0 bridgehead atoms. The molecule has 1 fully saturated rings. The molecule has 1 aliphatic heterocycles. The van der Waals surface area contributed by atoms with Gasteiger partial charge in [0.1, 0.15) is 0 Å². The molecule has 2 aromatic rings. The van der Waals surface area contributed by atoms with Gasteiger partial charge in [-0.2, -0.15) is 0 Å². The van der Waals surface area contributed by atoms with Crippen LogP contribution in [0.3, 0.4) is 0 Å². The Morgan fingerprint density at radius 2 is 1.71 bits per heavy atom. The van der Waals surface area contributed by atoms with Crippen molar-refractivity contribution in [2.75, 3.05) is 29.6 Å². The summed E-state index contributed by atoms with van der Waals surface area (Å²) in [5, 5.41) is 0. The number of rotatable bonds is 5. The molecule has 1 heterocycles. The lowest BCUT2D eigenvalue weighted by Gasteiger charge is -2.16. The molecular formula is C21H22N2O4S. The zero-order chi connectivity index (χ0) is 20.3. The van der Waals surface area contributed by atoms with Crippen molar-refractivity contribution in [1.29, 1.82) is 0 Å². The first kappa shape index (κ1) is 19.8. The molecule has 0 N–H and O–H groups in total. The summed E-state index contributed by atoms with van der Waals surface area (Å²) in [6, 6.07) is 13.7. The van der Waals surface area contributed by atoms with Crippen molar-refractivity contribution in [3.8, 4) is 0 Å². The van der Waals surface area contributed by atoms with Crippen LogP contribution in [-0.2, 0) is 19.4 Å². The maximum absolute atomic E-state index is 12.4. The molecule has 0 spiro atoms. The van der Waals surface area contributed by atoms with Gasteiger partial charge in [-0.25, -0.2) is 8.42 Å². The second-order valence-electron chi connectivity index (χ2n) is 6.74. The quantitative estimate of drug-likeness (QED) is 0.726. The lowest BCUT2D eigenvalue weighted by atomic mass is 10.2. The number of likely N-dealkylation sites (N-methyl/N-ethyl adjacent to an activating group) is 1. The minimum absolute atomic E-state index is 0.141. The monoisotopic (exact) mass is 398 g/mol. The molecular weight excluding hydrogens is 376 g/mol. The number of carbonyl (C=O) groups is 2. The zero-order valence-electron chi connectivity index (χ0n) is 15.8. The SMILES string of the molecule is CN(C(=O)/C=C/c1ccc(N2CCCC2=O)cc1)c1ccc(S(C)(=O)=O)cc1. The van der Waals surface area contributed by atoms with Crippen LogP contribution in [0.4, 0.5) is 11.4 Å². The summed E-state index contributed by atoms with van der Waals surface area (Å²) in [4.78, 5) is 27.6. The molecule has 7 heteroatoms. The number of benzene rings is 2. The standard InChI is InChI=1S/C21H22N2O4S/c1-22(17-10-12-19(13-11-17)28(2,26)27)20(24)14-7-16-5-8-18(9-6-16)23-15-3-4-21(23)25/h5-14H,3-4,15H2,1-2H3/b14-7+. The van der Waals surface area contributed by atoms with E-state index in [0.717, 1.165) is 30.5 Å². The molecule has 2 amide bonds. The number of nitrogens with zero attached hydrogens (tertiary/aromatic N) is 2. The van der Waals surface area contributed by atoms with Crippen LogP contribution >= 0.6 is 0 Å². The molecule has 146 valence electrons. The number of anilines is 2. The molecule has 1 saturated heterocycles. The third-order valence-corrected chi connectivity index (χ3v) is 5.81. The zero-order valence-corrected chi connectivity index (χ0v) is 16.6. The van der Waals surface area contributed by atoms with Crippen molar-refractivity contribution < 1.29 is 18.0 Å². The van der Waals surface area contributed by atoms with E-state index in [4.69, 9.17) is 0 Å². The van der Waals surface area contributed by atoms with E-state index in [1.54, 1.807) is 30.2 Å². The van der Waals surface area contributed by atoms with Gasteiger partial charge < -0.3 is 9.80 Å². The maximum Gasteiger partial charge on any atom is 0.250 e. The van der Waals surface area contributed by atoms with E-state index in [0.29, 0.717) is 12.1 Å². The highest BCUT2D eigenvalue weighted by molar-refractivity contribution is 7.90. The molecule has 0 radical (unpaired) electrons. The van der Waals surface area contributed by atoms with Crippen LogP contribution in [0.25, 0.3) is 6.08 Å². The highest BCUT2D eigenvalue weighted by Crippen LogP contribution is 2.22. The number of amides is 2. The van der Waals surface area contributed by atoms with Gasteiger partial charge in [-0.3, -0.25) is 9.59 Å². The second kappa shape index (κ2) is 7.98. The highest BCUT2D eigenvalue weighted by Gasteiger charge is 2.21. The van der Waals surface area contributed by atoms with Gasteiger partial charge >= 0.3 is 0 Å². The molecule has 0 aliphatic carbocycles. The summed E-state index contributed by atoms with van der Waals surface area (Å²) >= 11 is 0. The Hall–Kier alpha value is -2.93. The van der Waals surface area contributed by atoms with E-state index in [9.17, 15) is 18.0 Å². The van der Waals surface area contributed by atoms with Crippen LogP contribution in [0, 0.1) is 0 Å². The van der Waals surface area contributed by atoms with Crippen molar-refractivity contribution in [3.05, 3.63) is 60.2 Å². The van der Waals surface area contributed by atoms with Crippen molar-refractivity contribution in [2.24, 2.45) is 0 Å². The predicted molar refractivity (Wildman–Crippen MR) is 110 cm³/mol. The van der Waals surface area contributed by atoms with E-state index in [2.05, 4.69) is 0 Å². The largest absolute Gasteiger partial charge is 0.312 e. The van der Waals surface area contributed by atoms with E-state index >= 15 is 0 Å². The number of hydrogen-bond donors (Lipinski definition) is 0. The molecule has 0 aromatic heterocycles. The van der Waals surface area contributed by atoms with Gasteiger partial charge in [0.2, 0.25) is 5.91 Å². The van der Waals surface area contributed by atoms with Crippen molar-refractivity contribution in [1.82, 2.24) is 0 Å². The molecule has 0 unspecified atom stereocenters. The van der Waals surface area contributed by atoms with Gasteiger partial charge in [-0.05, 0) is 54.5 Å². The first-order valence-corrected chi connectivity index (χ1v) is 10.8. The van der Waals surface area contributed by atoms with Crippen LogP contribution in [0.15, 0.2) is 59.5 Å². The van der Waals surface area contributed by atoms with Gasteiger partial charge in [0, 0.05) is 43.7 Å². The highest BCUT2D eigenvalue weighted by atomic mass is 32.2. The Kier molecular flexibility index (Phi) is 5.65. The van der Waals surface area contributed by atoms with Gasteiger partial charge in [0.15, 0.2) is 9.84 Å². The Morgan fingerprint density at radius 3 is 2.25 bits per heavy atom. The van der Waals surface area contributed by atoms with Gasteiger partial charge in [-0.15, -0.1) is 0 Å². The van der Waals surface area contributed by atoms with Crippen molar-refractivity contribution in [2.45, 2.75) is 17.7 Å². The van der Waals surface area contributed by atoms with E-state index in [-0.39, 0.29) is 16.7 Å². The number of hydrogen-bond acceptors (Lipinski definition) is 4. The van der Waals surface area contributed by atoms with Crippen LogP contribution in [-0.4, -0.2) is 40.1 Å². The van der Waals surface area contributed by atoms with Crippen molar-refractivity contribution >= 4 is 39.1 Å². The fraction of sp³-hybridized carbons (Fsp3) is 0.238. The van der Waals surface area contributed by atoms with Crippen LogP contribution in [0.2, 0.25) is 0 Å².